The van der Waals surface area contributed by atoms with Gasteiger partial charge in [-0.15, -0.1) is 11.3 Å². The number of aliphatic hydroxyl groups is 1. The molecule has 7 nitrogen and oxygen atoms in total. The maximum absolute atomic E-state index is 14.3. The Balaban J connectivity index is 2.09. The summed E-state index contributed by atoms with van der Waals surface area (Å²) in [5, 5.41) is 11.4. The van der Waals surface area contributed by atoms with E-state index in [1.165, 1.54) is 18.6 Å². The Morgan fingerprint density at radius 1 is 1.26 bits per heavy atom. The fourth-order valence-electron chi connectivity index (χ4n) is 3.70. The first kappa shape index (κ1) is 30.7. The van der Waals surface area contributed by atoms with Gasteiger partial charge in [0.2, 0.25) is 10.0 Å². The van der Waals surface area contributed by atoms with E-state index in [1.54, 1.807) is 0 Å². The third kappa shape index (κ3) is 7.20. The SMILES string of the molecule is C[C@H](NS(=O)(=O)c1ccc(-c2sc(C(=O)NCC(C)(C)O)nc2CC2CCC2)c(C(F)F)c1Cl)C(F)(F)F. The summed E-state index contributed by atoms with van der Waals surface area (Å²) in [4.78, 5) is 16.3. The van der Waals surface area contributed by atoms with Crippen molar-refractivity contribution in [1.82, 2.24) is 15.0 Å². The summed E-state index contributed by atoms with van der Waals surface area (Å²) in [6.07, 6.45) is -5.05. The van der Waals surface area contributed by atoms with Crippen molar-refractivity contribution in [2.45, 2.75) is 75.6 Å². The van der Waals surface area contributed by atoms with Crippen molar-refractivity contribution in [3.05, 3.63) is 33.4 Å². The predicted molar refractivity (Wildman–Crippen MR) is 133 cm³/mol. The van der Waals surface area contributed by atoms with Crippen molar-refractivity contribution < 1.29 is 40.3 Å². The lowest BCUT2D eigenvalue weighted by Gasteiger charge is -2.25. The summed E-state index contributed by atoms with van der Waals surface area (Å²) in [6, 6.07) is -0.592. The Labute approximate surface area is 225 Å². The number of carbonyl (C=O) groups is 1. The van der Waals surface area contributed by atoms with Gasteiger partial charge in [0, 0.05) is 17.7 Å². The number of alkyl halides is 5. The second kappa shape index (κ2) is 11.3. The van der Waals surface area contributed by atoms with Crippen molar-refractivity contribution in [1.29, 1.82) is 0 Å². The minimum atomic E-state index is -4.92. The lowest BCUT2D eigenvalue weighted by atomic mass is 9.81. The first-order valence-electron chi connectivity index (χ1n) is 11.6. The summed E-state index contributed by atoms with van der Waals surface area (Å²) in [6.45, 7) is 3.45. The molecule has 38 heavy (non-hydrogen) atoms. The first-order valence-corrected chi connectivity index (χ1v) is 14.3. The number of thiazole rings is 1. The number of benzene rings is 1. The summed E-state index contributed by atoms with van der Waals surface area (Å²) < 4.78 is 94.0. The topological polar surface area (TPSA) is 108 Å². The van der Waals surface area contributed by atoms with Gasteiger partial charge < -0.3 is 10.4 Å². The van der Waals surface area contributed by atoms with Crippen LogP contribution in [0.4, 0.5) is 22.0 Å². The number of hydrogen-bond acceptors (Lipinski definition) is 6. The monoisotopic (exact) mass is 603 g/mol. The summed E-state index contributed by atoms with van der Waals surface area (Å²) >= 11 is 6.91. The summed E-state index contributed by atoms with van der Waals surface area (Å²) in [5.74, 6) is -0.409. The average molecular weight is 604 g/mol. The smallest absolute Gasteiger partial charge is 0.389 e. The van der Waals surface area contributed by atoms with E-state index in [2.05, 4.69) is 10.3 Å². The molecule has 0 spiro atoms. The van der Waals surface area contributed by atoms with E-state index in [0.29, 0.717) is 19.0 Å². The molecular formula is C23H27ClF5N3O4S2. The average Bonchev–Trinajstić information content (AvgIpc) is 3.16. The number of sulfonamides is 1. The van der Waals surface area contributed by atoms with E-state index in [9.17, 15) is 40.3 Å². The molecule has 1 fully saturated rings. The standard InChI is InChI=1S/C23H27ClF5N3O4S2/c1-11(23(27,28)29)32-38(35,36)15-8-7-13(16(17(15)24)19(25)26)18-14(9-12-5-4-6-12)31-21(37-18)20(33)30-10-22(2,3)34/h7-8,11-12,19,32,34H,4-6,9-10H2,1-3H3,(H,30,33)/t11-/m0/s1. The van der Waals surface area contributed by atoms with Crippen LogP contribution in [0.1, 0.15) is 67.5 Å². The van der Waals surface area contributed by atoms with Crippen LogP contribution in [-0.4, -0.2) is 48.8 Å². The molecular weight excluding hydrogens is 577 g/mol. The highest BCUT2D eigenvalue weighted by Crippen LogP contribution is 2.44. The van der Waals surface area contributed by atoms with Gasteiger partial charge >= 0.3 is 6.18 Å². The van der Waals surface area contributed by atoms with Gasteiger partial charge in [0.05, 0.1) is 21.2 Å². The highest BCUT2D eigenvalue weighted by molar-refractivity contribution is 7.89. The molecule has 1 aromatic heterocycles. The fourth-order valence-corrected chi connectivity index (χ4v) is 6.61. The lowest BCUT2D eigenvalue weighted by Crippen LogP contribution is -2.43. The van der Waals surface area contributed by atoms with Crippen molar-refractivity contribution in [3.8, 4) is 10.4 Å². The molecule has 1 aromatic carbocycles. The number of halogens is 6. The molecule has 0 aliphatic heterocycles. The van der Waals surface area contributed by atoms with Crippen molar-refractivity contribution in [2.24, 2.45) is 5.92 Å². The zero-order valence-electron chi connectivity index (χ0n) is 20.6. The Kier molecular flexibility index (Phi) is 9.13. The number of aromatic nitrogens is 1. The van der Waals surface area contributed by atoms with E-state index in [0.717, 1.165) is 42.7 Å². The van der Waals surface area contributed by atoms with Crippen molar-refractivity contribution >= 4 is 38.9 Å². The molecule has 1 aliphatic carbocycles. The molecule has 3 N–H and O–H groups in total. The Morgan fingerprint density at radius 2 is 1.89 bits per heavy atom. The Morgan fingerprint density at radius 3 is 2.39 bits per heavy atom. The normalized spacial score (nSPS) is 16.0. The molecule has 0 saturated heterocycles. The zero-order chi connectivity index (χ0) is 28.6. The Hall–Kier alpha value is -1.87. The van der Waals surface area contributed by atoms with E-state index in [1.807, 2.05) is 0 Å². The van der Waals surface area contributed by atoms with E-state index < -0.39 is 55.7 Å². The quantitative estimate of drug-likeness (QED) is 0.312. The molecule has 1 aliphatic rings. The molecule has 2 aromatic rings. The third-order valence-corrected chi connectivity index (χ3v) is 9.23. The van der Waals surface area contributed by atoms with E-state index in [-0.39, 0.29) is 27.9 Å². The molecule has 0 unspecified atom stereocenters. The van der Waals surface area contributed by atoms with Crippen LogP contribution in [0.2, 0.25) is 5.02 Å². The van der Waals surface area contributed by atoms with Crippen LogP contribution >= 0.6 is 22.9 Å². The zero-order valence-corrected chi connectivity index (χ0v) is 23.0. The van der Waals surface area contributed by atoms with Gasteiger partial charge in [-0.1, -0.05) is 36.9 Å². The molecule has 15 heteroatoms. The maximum atomic E-state index is 14.3. The van der Waals surface area contributed by atoms with Gasteiger partial charge in [-0.3, -0.25) is 4.79 Å². The lowest BCUT2D eigenvalue weighted by molar-refractivity contribution is -0.147. The van der Waals surface area contributed by atoms with Crippen LogP contribution in [0.3, 0.4) is 0 Å². The number of carbonyl (C=O) groups excluding carboxylic acids is 1. The number of hydrogen-bond donors (Lipinski definition) is 3. The van der Waals surface area contributed by atoms with E-state index in [4.69, 9.17) is 11.6 Å². The predicted octanol–water partition coefficient (Wildman–Crippen LogP) is 5.47. The van der Waals surface area contributed by atoms with Crippen LogP contribution in [0.15, 0.2) is 17.0 Å². The van der Waals surface area contributed by atoms with Gasteiger partial charge in [-0.05, 0) is 39.2 Å². The second-order valence-electron chi connectivity index (χ2n) is 9.82. The number of nitrogens with zero attached hydrogens (tertiary/aromatic N) is 1. The molecule has 212 valence electrons. The minimum absolute atomic E-state index is 0.0488. The van der Waals surface area contributed by atoms with Gasteiger partial charge in [0.25, 0.3) is 12.3 Å². The molecule has 0 bridgehead atoms. The molecule has 3 rings (SSSR count). The summed E-state index contributed by atoms with van der Waals surface area (Å²) in [7, 11) is -4.92. The third-order valence-electron chi connectivity index (χ3n) is 6.00. The van der Waals surface area contributed by atoms with Crippen molar-refractivity contribution in [2.75, 3.05) is 6.54 Å². The van der Waals surface area contributed by atoms with Gasteiger partial charge in [-0.2, -0.15) is 17.9 Å². The van der Waals surface area contributed by atoms with Crippen molar-refractivity contribution in [3.63, 3.8) is 0 Å². The second-order valence-corrected chi connectivity index (χ2v) is 12.9. The number of rotatable bonds is 10. The number of amides is 1. The minimum Gasteiger partial charge on any atom is -0.389 e. The Bertz CT molecular complexity index is 1290. The van der Waals surface area contributed by atoms with Gasteiger partial charge in [-0.25, -0.2) is 22.2 Å². The highest BCUT2D eigenvalue weighted by atomic mass is 35.5. The van der Waals surface area contributed by atoms with Gasteiger partial charge in [0.15, 0.2) is 5.01 Å². The van der Waals surface area contributed by atoms with Crippen LogP contribution in [-0.2, 0) is 16.4 Å². The number of nitrogens with one attached hydrogen (secondary N) is 2. The van der Waals surface area contributed by atoms with Crippen LogP contribution in [0.5, 0.6) is 0 Å². The molecule has 1 amide bonds. The first-order chi connectivity index (χ1) is 17.4. The van der Waals surface area contributed by atoms with E-state index >= 15 is 0 Å². The maximum Gasteiger partial charge on any atom is 0.404 e. The largest absolute Gasteiger partial charge is 0.404 e. The molecule has 1 atom stereocenters. The summed E-state index contributed by atoms with van der Waals surface area (Å²) in [5.41, 5.74) is -1.91. The molecule has 1 heterocycles. The molecule has 1 saturated carbocycles. The van der Waals surface area contributed by atoms with Crippen LogP contribution < -0.4 is 10.0 Å². The fraction of sp³-hybridized carbons (Fsp3) is 0.565. The highest BCUT2D eigenvalue weighted by Gasteiger charge is 2.40. The molecule has 0 radical (unpaired) electrons. The van der Waals surface area contributed by atoms with Crippen LogP contribution in [0, 0.1) is 5.92 Å². The van der Waals surface area contributed by atoms with Gasteiger partial charge in [0.1, 0.15) is 10.9 Å². The van der Waals surface area contributed by atoms with Crippen LogP contribution in [0.25, 0.3) is 10.4 Å².